The molecule has 0 aromatic carbocycles. The van der Waals surface area contributed by atoms with Gasteiger partial charge in [-0.2, -0.15) is 0 Å². The Labute approximate surface area is 117 Å². The summed E-state index contributed by atoms with van der Waals surface area (Å²) in [5, 5.41) is 18.0. The van der Waals surface area contributed by atoms with Crippen molar-refractivity contribution in [3.8, 4) is 0 Å². The van der Waals surface area contributed by atoms with Crippen molar-refractivity contribution in [2.24, 2.45) is 5.92 Å². The average molecular weight is 283 g/mol. The number of nitrogens with zero attached hydrogens (tertiary/aromatic N) is 1. The van der Waals surface area contributed by atoms with Crippen LogP contribution in [0.4, 0.5) is 4.79 Å². The highest BCUT2D eigenvalue weighted by atomic mass is 16.5. The monoisotopic (exact) mass is 283 g/mol. The van der Waals surface area contributed by atoms with E-state index < -0.39 is 11.9 Å². The predicted octanol–water partition coefficient (Wildman–Crippen LogP) is 1.76. The van der Waals surface area contributed by atoms with Crippen molar-refractivity contribution in [2.75, 3.05) is 6.54 Å². The third kappa shape index (κ3) is 4.25. The topological polar surface area (TPSA) is 104 Å². The van der Waals surface area contributed by atoms with Crippen LogP contribution in [0.3, 0.4) is 0 Å². The van der Waals surface area contributed by atoms with E-state index in [9.17, 15) is 9.59 Å². The molecule has 1 heterocycles. The number of aromatic nitrogens is 1. The van der Waals surface area contributed by atoms with Gasteiger partial charge in [-0.25, -0.2) is 4.79 Å². The number of aryl methyl sites for hydroxylation is 2. The molecule has 0 bridgehead atoms. The first-order valence-corrected chi connectivity index (χ1v) is 6.52. The van der Waals surface area contributed by atoms with E-state index in [4.69, 9.17) is 9.63 Å². The summed E-state index contributed by atoms with van der Waals surface area (Å²) in [7, 11) is 0. The second kappa shape index (κ2) is 6.93. The number of carbonyl (C=O) groups excluding carboxylic acids is 1. The fourth-order valence-electron chi connectivity index (χ4n) is 1.95. The standard InChI is InChI=1S/C13H21N3O4/c1-7(12(17)18)5-6-14-13(19)15-8(2)11-9(3)16-20-10(11)4/h7-8H,5-6H2,1-4H3,(H,17,18)(H2,14,15,19). The van der Waals surface area contributed by atoms with Gasteiger partial charge in [0.2, 0.25) is 0 Å². The summed E-state index contributed by atoms with van der Waals surface area (Å²) in [6, 6.07) is -0.562. The van der Waals surface area contributed by atoms with Crippen LogP contribution < -0.4 is 10.6 Å². The van der Waals surface area contributed by atoms with Crippen LogP contribution in [0.5, 0.6) is 0 Å². The molecular formula is C13H21N3O4. The molecule has 2 atom stereocenters. The smallest absolute Gasteiger partial charge is 0.315 e. The van der Waals surface area contributed by atoms with Crippen LogP contribution in [-0.4, -0.2) is 28.8 Å². The lowest BCUT2D eigenvalue weighted by Gasteiger charge is -2.15. The minimum Gasteiger partial charge on any atom is -0.481 e. The Balaban J connectivity index is 2.41. The molecule has 7 heteroatoms. The Morgan fingerprint density at radius 1 is 1.35 bits per heavy atom. The second-order valence-corrected chi connectivity index (χ2v) is 4.89. The minimum absolute atomic E-state index is 0.224. The lowest BCUT2D eigenvalue weighted by molar-refractivity contribution is -0.141. The van der Waals surface area contributed by atoms with Crippen molar-refractivity contribution in [2.45, 2.75) is 40.2 Å². The third-order valence-electron chi connectivity index (χ3n) is 3.15. The SMILES string of the molecule is Cc1noc(C)c1C(C)NC(=O)NCCC(C)C(=O)O. The van der Waals surface area contributed by atoms with Crippen molar-refractivity contribution in [1.29, 1.82) is 0 Å². The summed E-state index contributed by atoms with van der Waals surface area (Å²) in [5.41, 5.74) is 1.61. The van der Waals surface area contributed by atoms with Crippen LogP contribution in [0.2, 0.25) is 0 Å². The van der Waals surface area contributed by atoms with E-state index in [0.29, 0.717) is 18.7 Å². The van der Waals surface area contributed by atoms with Crippen molar-refractivity contribution in [3.63, 3.8) is 0 Å². The van der Waals surface area contributed by atoms with Crippen molar-refractivity contribution >= 4 is 12.0 Å². The van der Waals surface area contributed by atoms with Gasteiger partial charge >= 0.3 is 12.0 Å². The number of carboxylic acids is 1. The molecule has 0 radical (unpaired) electrons. The van der Waals surface area contributed by atoms with Gasteiger partial charge in [0.1, 0.15) is 5.76 Å². The zero-order chi connectivity index (χ0) is 15.3. The number of amides is 2. The molecule has 0 saturated carbocycles. The number of aliphatic carboxylic acids is 1. The highest BCUT2D eigenvalue weighted by molar-refractivity contribution is 5.74. The Bertz CT molecular complexity index is 464. The van der Waals surface area contributed by atoms with Gasteiger partial charge in [-0.15, -0.1) is 0 Å². The number of hydrogen-bond donors (Lipinski definition) is 3. The molecule has 1 rings (SSSR count). The molecule has 2 unspecified atom stereocenters. The molecule has 0 spiro atoms. The Morgan fingerprint density at radius 2 is 2.00 bits per heavy atom. The van der Waals surface area contributed by atoms with Crippen LogP contribution in [0.15, 0.2) is 4.52 Å². The number of rotatable bonds is 6. The van der Waals surface area contributed by atoms with Crippen LogP contribution in [0.25, 0.3) is 0 Å². The molecule has 0 aliphatic rings. The lowest BCUT2D eigenvalue weighted by Crippen LogP contribution is -2.38. The number of urea groups is 1. The van der Waals surface area contributed by atoms with Crippen molar-refractivity contribution in [1.82, 2.24) is 15.8 Å². The predicted molar refractivity (Wildman–Crippen MR) is 72.3 cm³/mol. The van der Waals surface area contributed by atoms with Gasteiger partial charge in [-0.3, -0.25) is 4.79 Å². The zero-order valence-electron chi connectivity index (χ0n) is 12.2. The normalized spacial score (nSPS) is 13.6. The number of carboxylic acid groups (broad SMARTS) is 1. The molecule has 7 nitrogen and oxygen atoms in total. The number of nitrogens with one attached hydrogen (secondary N) is 2. The summed E-state index contributed by atoms with van der Waals surface area (Å²) in [4.78, 5) is 22.3. The largest absolute Gasteiger partial charge is 0.481 e. The molecule has 0 aliphatic carbocycles. The van der Waals surface area contributed by atoms with E-state index in [1.165, 1.54) is 0 Å². The van der Waals surface area contributed by atoms with Gasteiger partial charge < -0.3 is 20.3 Å². The maximum Gasteiger partial charge on any atom is 0.315 e. The van der Waals surface area contributed by atoms with Gasteiger partial charge in [0, 0.05) is 12.1 Å². The first-order valence-electron chi connectivity index (χ1n) is 6.52. The van der Waals surface area contributed by atoms with Crippen LogP contribution in [-0.2, 0) is 4.79 Å². The van der Waals surface area contributed by atoms with E-state index in [1.807, 2.05) is 13.8 Å². The number of hydrogen-bond acceptors (Lipinski definition) is 4. The fourth-order valence-corrected chi connectivity index (χ4v) is 1.95. The zero-order valence-corrected chi connectivity index (χ0v) is 12.2. The molecule has 1 aromatic rings. The van der Waals surface area contributed by atoms with E-state index in [0.717, 1.165) is 11.3 Å². The second-order valence-electron chi connectivity index (χ2n) is 4.89. The molecule has 0 fully saturated rings. The fraction of sp³-hybridized carbons (Fsp3) is 0.615. The van der Waals surface area contributed by atoms with E-state index in [1.54, 1.807) is 13.8 Å². The summed E-state index contributed by atoms with van der Waals surface area (Å²) >= 11 is 0. The molecular weight excluding hydrogens is 262 g/mol. The Morgan fingerprint density at radius 3 is 2.50 bits per heavy atom. The van der Waals surface area contributed by atoms with Gasteiger partial charge in [0.15, 0.2) is 0 Å². The first kappa shape index (κ1) is 16.0. The average Bonchev–Trinajstić information content (AvgIpc) is 2.68. The molecule has 0 aliphatic heterocycles. The molecule has 20 heavy (non-hydrogen) atoms. The quantitative estimate of drug-likeness (QED) is 0.738. The van der Waals surface area contributed by atoms with Gasteiger partial charge in [-0.05, 0) is 27.2 Å². The van der Waals surface area contributed by atoms with E-state index >= 15 is 0 Å². The summed E-state index contributed by atoms with van der Waals surface area (Å²) in [6.45, 7) is 7.37. The maximum atomic E-state index is 11.7. The first-order chi connectivity index (χ1) is 9.32. The molecule has 3 N–H and O–H groups in total. The Hall–Kier alpha value is -2.05. The Kier molecular flexibility index (Phi) is 5.54. The van der Waals surface area contributed by atoms with Crippen LogP contribution in [0.1, 0.15) is 43.3 Å². The van der Waals surface area contributed by atoms with E-state index in [-0.39, 0.29) is 12.1 Å². The highest BCUT2D eigenvalue weighted by Gasteiger charge is 2.18. The van der Waals surface area contributed by atoms with Crippen LogP contribution in [0, 0.1) is 19.8 Å². The summed E-state index contributed by atoms with van der Waals surface area (Å²) in [6.07, 6.45) is 0.391. The summed E-state index contributed by atoms with van der Waals surface area (Å²) < 4.78 is 5.05. The lowest BCUT2D eigenvalue weighted by atomic mass is 10.1. The summed E-state index contributed by atoms with van der Waals surface area (Å²) in [5.74, 6) is -0.665. The third-order valence-corrected chi connectivity index (χ3v) is 3.15. The van der Waals surface area contributed by atoms with Crippen molar-refractivity contribution < 1.29 is 19.2 Å². The number of carbonyl (C=O) groups is 2. The van der Waals surface area contributed by atoms with E-state index in [2.05, 4.69) is 15.8 Å². The van der Waals surface area contributed by atoms with Gasteiger partial charge in [-0.1, -0.05) is 12.1 Å². The van der Waals surface area contributed by atoms with Gasteiger partial charge in [0.25, 0.3) is 0 Å². The molecule has 0 saturated heterocycles. The highest BCUT2D eigenvalue weighted by Crippen LogP contribution is 2.20. The maximum absolute atomic E-state index is 11.7. The van der Waals surface area contributed by atoms with Crippen molar-refractivity contribution in [3.05, 3.63) is 17.0 Å². The molecule has 112 valence electrons. The molecule has 2 amide bonds. The van der Waals surface area contributed by atoms with Gasteiger partial charge in [0.05, 0.1) is 17.7 Å². The molecule has 1 aromatic heterocycles. The van der Waals surface area contributed by atoms with Crippen LogP contribution >= 0.6 is 0 Å². The minimum atomic E-state index is -0.865.